The number of hydrogen-bond donors (Lipinski definition) is 2. The van der Waals surface area contributed by atoms with Gasteiger partial charge in [-0.2, -0.15) is 8.78 Å². The zero-order valence-corrected chi connectivity index (χ0v) is 8.46. The van der Waals surface area contributed by atoms with Crippen LogP contribution in [0.1, 0.15) is 0 Å². The Balaban J connectivity index is 2.74. The lowest BCUT2D eigenvalue weighted by Crippen LogP contribution is -2.53. The predicted octanol–water partition coefficient (Wildman–Crippen LogP) is -0.322. The molecule has 0 saturated carbocycles. The molecule has 0 aromatic rings. The van der Waals surface area contributed by atoms with Crippen molar-refractivity contribution in [3.05, 3.63) is 0 Å². The molecule has 0 bridgehead atoms. The molecular weight excluding hydrogens is 232 g/mol. The van der Waals surface area contributed by atoms with Crippen molar-refractivity contribution in [2.45, 2.75) is 24.5 Å². The summed E-state index contributed by atoms with van der Waals surface area (Å²) in [6, 6.07) is -0.905. The molecule has 0 spiro atoms. The number of aliphatic hydroxyl groups excluding tert-OH is 1. The summed E-state index contributed by atoms with van der Waals surface area (Å²) in [5.41, 5.74) is 0. The minimum atomic E-state index is -4.71. The van der Waals surface area contributed by atoms with Gasteiger partial charge in [0.1, 0.15) is 0 Å². The van der Waals surface area contributed by atoms with Crippen molar-refractivity contribution in [2.75, 3.05) is 20.1 Å². The maximum Gasteiger partial charge on any atom is 0.383 e. The van der Waals surface area contributed by atoms with Crippen molar-refractivity contribution in [1.82, 2.24) is 10.2 Å². The number of carbonyl (C=O) groups is 1. The summed E-state index contributed by atoms with van der Waals surface area (Å²) in [5, 5.41) is 12.0. The van der Waals surface area contributed by atoms with Gasteiger partial charge in [-0.25, -0.2) is 8.78 Å². The van der Waals surface area contributed by atoms with Crippen LogP contribution in [0.15, 0.2) is 0 Å². The summed E-state index contributed by atoms with van der Waals surface area (Å²) in [6.45, 7) is 0.241. The van der Waals surface area contributed by atoms with E-state index in [1.807, 2.05) is 0 Å². The lowest BCUT2D eigenvalue weighted by Gasteiger charge is -2.29. The number of hydrogen-bond acceptors (Lipinski definition) is 3. The van der Waals surface area contributed by atoms with Crippen molar-refractivity contribution in [1.29, 1.82) is 0 Å². The van der Waals surface area contributed by atoms with E-state index in [0.29, 0.717) is 4.90 Å². The van der Waals surface area contributed by atoms with Crippen molar-refractivity contribution < 1.29 is 27.5 Å². The third-order valence-electron chi connectivity index (χ3n) is 2.53. The summed E-state index contributed by atoms with van der Waals surface area (Å²) >= 11 is 0. The first kappa shape index (κ1) is 13.2. The Morgan fingerprint density at radius 3 is 2.44 bits per heavy atom. The molecule has 16 heavy (non-hydrogen) atoms. The quantitative estimate of drug-likeness (QED) is 0.669. The van der Waals surface area contributed by atoms with Crippen LogP contribution in [0.5, 0.6) is 0 Å². The SMILES string of the molecule is CN(C(=O)C(F)(F)C(F)F)[C@@H]1CNC[C@H]1O. The van der Waals surface area contributed by atoms with Gasteiger partial charge in [0, 0.05) is 20.1 Å². The number of carbonyl (C=O) groups excluding carboxylic acids is 1. The monoisotopic (exact) mass is 244 g/mol. The summed E-state index contributed by atoms with van der Waals surface area (Å²) in [6.07, 6.45) is -5.07. The number of rotatable bonds is 3. The van der Waals surface area contributed by atoms with Crippen LogP contribution in [-0.4, -0.2) is 60.5 Å². The van der Waals surface area contributed by atoms with Gasteiger partial charge in [-0.1, -0.05) is 0 Å². The van der Waals surface area contributed by atoms with Crippen molar-refractivity contribution in [3.63, 3.8) is 0 Å². The highest BCUT2D eigenvalue weighted by molar-refractivity contribution is 5.84. The molecule has 1 amide bonds. The van der Waals surface area contributed by atoms with Gasteiger partial charge in [0.15, 0.2) is 0 Å². The molecule has 1 fully saturated rings. The van der Waals surface area contributed by atoms with Crippen LogP contribution in [0.3, 0.4) is 0 Å². The largest absolute Gasteiger partial charge is 0.390 e. The van der Waals surface area contributed by atoms with E-state index in [9.17, 15) is 27.5 Å². The fourth-order valence-electron chi connectivity index (χ4n) is 1.53. The van der Waals surface area contributed by atoms with Gasteiger partial charge >= 0.3 is 12.3 Å². The van der Waals surface area contributed by atoms with Gasteiger partial charge < -0.3 is 15.3 Å². The zero-order chi connectivity index (χ0) is 12.5. The highest BCUT2D eigenvalue weighted by Crippen LogP contribution is 2.26. The third-order valence-corrected chi connectivity index (χ3v) is 2.53. The third kappa shape index (κ3) is 2.27. The minimum Gasteiger partial charge on any atom is -0.390 e. The van der Waals surface area contributed by atoms with Crippen LogP contribution < -0.4 is 5.32 Å². The van der Waals surface area contributed by atoms with E-state index in [1.54, 1.807) is 0 Å². The first-order valence-corrected chi connectivity index (χ1v) is 4.60. The Morgan fingerprint density at radius 2 is 2.06 bits per heavy atom. The summed E-state index contributed by atoms with van der Waals surface area (Å²) in [7, 11) is 0.972. The molecule has 1 aliphatic rings. The number of amides is 1. The highest BCUT2D eigenvalue weighted by Gasteiger charge is 2.52. The van der Waals surface area contributed by atoms with Gasteiger partial charge in [0.25, 0.3) is 5.91 Å². The number of nitrogens with zero attached hydrogens (tertiary/aromatic N) is 1. The van der Waals surface area contributed by atoms with Crippen LogP contribution in [0.2, 0.25) is 0 Å². The summed E-state index contributed by atoms with van der Waals surface area (Å²) in [4.78, 5) is 11.6. The lowest BCUT2D eigenvalue weighted by atomic mass is 10.1. The molecule has 2 N–H and O–H groups in total. The number of alkyl halides is 4. The van der Waals surface area contributed by atoms with Crippen molar-refractivity contribution >= 4 is 5.91 Å². The summed E-state index contributed by atoms with van der Waals surface area (Å²) < 4.78 is 49.3. The highest BCUT2D eigenvalue weighted by atomic mass is 19.3. The van der Waals surface area contributed by atoms with Gasteiger partial charge in [-0.15, -0.1) is 0 Å². The topological polar surface area (TPSA) is 52.6 Å². The molecule has 0 aromatic heterocycles. The Labute approximate surface area is 89.2 Å². The Bertz CT molecular complexity index is 275. The maximum atomic E-state index is 12.7. The standard InChI is InChI=1S/C8H12F4N2O2/c1-14(4-2-13-3-5(4)15)7(16)8(11,12)6(9)10/h4-6,13,15H,2-3H2,1H3/t4-,5-/m1/s1. The number of likely N-dealkylation sites (N-methyl/N-ethyl adjacent to an activating group) is 1. The average molecular weight is 244 g/mol. The van der Waals surface area contributed by atoms with Gasteiger partial charge in [0.2, 0.25) is 0 Å². The minimum absolute atomic E-state index is 0.0999. The molecule has 94 valence electrons. The van der Waals surface area contributed by atoms with Gasteiger partial charge in [-0.3, -0.25) is 4.79 Å². The van der Waals surface area contributed by atoms with Crippen LogP contribution in [0.25, 0.3) is 0 Å². The van der Waals surface area contributed by atoms with Gasteiger partial charge in [0.05, 0.1) is 12.1 Å². The first-order valence-electron chi connectivity index (χ1n) is 4.60. The number of nitrogens with one attached hydrogen (secondary N) is 1. The molecule has 0 radical (unpaired) electrons. The maximum absolute atomic E-state index is 12.7. The molecule has 8 heteroatoms. The van der Waals surface area contributed by atoms with E-state index in [-0.39, 0.29) is 13.1 Å². The summed E-state index contributed by atoms with van der Waals surface area (Å²) in [5.74, 6) is -6.69. The second-order valence-corrected chi connectivity index (χ2v) is 3.63. The molecule has 1 heterocycles. The van der Waals surface area contributed by atoms with E-state index in [2.05, 4.69) is 5.32 Å². The predicted molar refractivity (Wildman–Crippen MR) is 46.4 cm³/mol. The van der Waals surface area contributed by atoms with E-state index in [0.717, 1.165) is 7.05 Å². The van der Waals surface area contributed by atoms with Crippen molar-refractivity contribution in [2.24, 2.45) is 0 Å². The van der Waals surface area contributed by atoms with Crippen LogP contribution >= 0.6 is 0 Å². The smallest absolute Gasteiger partial charge is 0.383 e. The normalized spacial score (nSPS) is 26.2. The van der Waals surface area contributed by atoms with E-state index in [4.69, 9.17) is 0 Å². The van der Waals surface area contributed by atoms with Crippen LogP contribution in [-0.2, 0) is 4.79 Å². The Kier molecular flexibility index (Phi) is 3.74. The van der Waals surface area contributed by atoms with Crippen LogP contribution in [0, 0.1) is 0 Å². The number of β-amino-alcohol motifs (C(OH)–C–C–N with tert-alkyl or cyclic N) is 1. The fraction of sp³-hybridized carbons (Fsp3) is 0.875. The number of aliphatic hydroxyl groups is 1. The molecular formula is C8H12F4N2O2. The first-order chi connectivity index (χ1) is 7.28. The molecule has 1 aliphatic heterocycles. The Morgan fingerprint density at radius 1 is 1.50 bits per heavy atom. The van der Waals surface area contributed by atoms with E-state index in [1.165, 1.54) is 0 Å². The number of halogens is 4. The fourth-order valence-corrected chi connectivity index (χ4v) is 1.53. The second-order valence-electron chi connectivity index (χ2n) is 3.63. The van der Waals surface area contributed by atoms with E-state index < -0.39 is 30.4 Å². The zero-order valence-electron chi connectivity index (χ0n) is 8.46. The molecule has 2 atom stereocenters. The molecule has 4 nitrogen and oxygen atoms in total. The molecule has 0 unspecified atom stereocenters. The molecule has 1 saturated heterocycles. The molecule has 0 aromatic carbocycles. The van der Waals surface area contributed by atoms with Crippen molar-refractivity contribution in [3.8, 4) is 0 Å². The average Bonchev–Trinajstić information content (AvgIpc) is 2.61. The lowest BCUT2D eigenvalue weighted by molar-refractivity contribution is -0.182. The molecule has 0 aliphatic carbocycles. The van der Waals surface area contributed by atoms with E-state index >= 15 is 0 Å². The van der Waals surface area contributed by atoms with Crippen LogP contribution in [0.4, 0.5) is 17.6 Å². The molecule has 1 rings (SSSR count). The Hall–Kier alpha value is -0.890. The van der Waals surface area contributed by atoms with Gasteiger partial charge in [-0.05, 0) is 0 Å². The second kappa shape index (κ2) is 4.54.